The third-order valence-corrected chi connectivity index (χ3v) is 4.13. The third kappa shape index (κ3) is 3.15. The molecule has 0 amide bonds. The van der Waals surface area contributed by atoms with Gasteiger partial charge >= 0.3 is 0 Å². The summed E-state index contributed by atoms with van der Waals surface area (Å²) in [5.41, 5.74) is 2.25. The van der Waals surface area contributed by atoms with Crippen LogP contribution in [0.25, 0.3) is 0 Å². The first-order valence-corrected chi connectivity index (χ1v) is 7.16. The zero-order valence-electron chi connectivity index (χ0n) is 11.7. The van der Waals surface area contributed by atoms with Crippen molar-refractivity contribution in [3.63, 3.8) is 0 Å². The molecule has 0 bridgehead atoms. The zero-order valence-corrected chi connectivity index (χ0v) is 11.7. The van der Waals surface area contributed by atoms with Crippen molar-refractivity contribution < 1.29 is 0 Å². The Balaban J connectivity index is 1.96. The molecule has 3 unspecified atom stereocenters. The molecule has 1 heterocycles. The zero-order chi connectivity index (χ0) is 13.0. The van der Waals surface area contributed by atoms with Gasteiger partial charge in [0.05, 0.1) is 23.8 Å². The molecule has 0 radical (unpaired) electrons. The number of nitrogens with one attached hydrogen (secondary N) is 2. The van der Waals surface area contributed by atoms with E-state index >= 15 is 0 Å². The van der Waals surface area contributed by atoms with E-state index < -0.39 is 0 Å². The number of rotatable bonds is 5. The molecular formula is C15H25N3. The van der Waals surface area contributed by atoms with Gasteiger partial charge in [0.1, 0.15) is 0 Å². The van der Waals surface area contributed by atoms with Crippen LogP contribution < -0.4 is 10.6 Å². The Kier molecular flexibility index (Phi) is 4.45. The molecule has 1 aliphatic rings. The van der Waals surface area contributed by atoms with Crippen LogP contribution in [0.15, 0.2) is 18.5 Å². The lowest BCUT2D eigenvalue weighted by molar-refractivity contribution is 0.435. The number of hydrogen-bond donors (Lipinski definition) is 2. The van der Waals surface area contributed by atoms with Crippen molar-refractivity contribution in [2.45, 2.75) is 46.1 Å². The molecule has 1 fully saturated rings. The molecule has 18 heavy (non-hydrogen) atoms. The van der Waals surface area contributed by atoms with E-state index in [1.165, 1.54) is 12.8 Å². The van der Waals surface area contributed by atoms with E-state index in [-0.39, 0.29) is 0 Å². The molecule has 1 aliphatic carbocycles. The van der Waals surface area contributed by atoms with Crippen LogP contribution in [0.3, 0.4) is 0 Å². The predicted octanol–water partition coefficient (Wildman–Crippen LogP) is 3.75. The van der Waals surface area contributed by atoms with Crippen LogP contribution >= 0.6 is 0 Å². The van der Waals surface area contributed by atoms with Gasteiger partial charge in [-0.05, 0) is 37.2 Å². The van der Waals surface area contributed by atoms with Gasteiger partial charge in [-0.15, -0.1) is 0 Å². The summed E-state index contributed by atoms with van der Waals surface area (Å²) in [6.45, 7) is 7.87. The highest BCUT2D eigenvalue weighted by Gasteiger charge is 2.29. The minimum absolute atomic E-state index is 0.600. The van der Waals surface area contributed by atoms with Crippen LogP contribution in [0.4, 0.5) is 11.4 Å². The average Bonchev–Trinajstić information content (AvgIpc) is 2.69. The van der Waals surface area contributed by atoms with Crippen molar-refractivity contribution >= 4 is 11.4 Å². The summed E-state index contributed by atoms with van der Waals surface area (Å²) in [6, 6.07) is 2.77. The number of hydrogen-bond acceptors (Lipinski definition) is 3. The second-order valence-corrected chi connectivity index (χ2v) is 5.55. The molecular weight excluding hydrogens is 222 g/mol. The van der Waals surface area contributed by atoms with Gasteiger partial charge in [0, 0.05) is 12.6 Å². The Labute approximate surface area is 110 Å². The molecule has 2 rings (SSSR count). The van der Waals surface area contributed by atoms with E-state index in [9.17, 15) is 0 Å². The second-order valence-electron chi connectivity index (χ2n) is 5.55. The lowest BCUT2D eigenvalue weighted by atomic mass is 9.98. The maximum atomic E-state index is 4.30. The quantitative estimate of drug-likeness (QED) is 0.832. The van der Waals surface area contributed by atoms with Gasteiger partial charge in [0.15, 0.2) is 0 Å². The van der Waals surface area contributed by atoms with Gasteiger partial charge in [-0.25, -0.2) is 0 Å². The summed E-state index contributed by atoms with van der Waals surface area (Å²) in [4.78, 5) is 4.30. The molecule has 1 saturated carbocycles. The topological polar surface area (TPSA) is 37.0 Å². The maximum absolute atomic E-state index is 4.30. The van der Waals surface area contributed by atoms with Crippen LogP contribution in [0.5, 0.6) is 0 Å². The standard InChI is InChI=1S/C15H25N3/c1-4-7-17-13-8-14(10-16-9-13)18-15-6-5-11(2)12(15)3/h8-12,15,17-18H,4-7H2,1-3H3. The van der Waals surface area contributed by atoms with Crippen molar-refractivity contribution in [3.05, 3.63) is 18.5 Å². The van der Waals surface area contributed by atoms with Crippen molar-refractivity contribution in [2.75, 3.05) is 17.2 Å². The van der Waals surface area contributed by atoms with Gasteiger partial charge in [-0.1, -0.05) is 20.8 Å². The van der Waals surface area contributed by atoms with E-state index in [0.717, 1.165) is 36.2 Å². The predicted molar refractivity (Wildman–Crippen MR) is 78.0 cm³/mol. The molecule has 0 aliphatic heterocycles. The summed E-state index contributed by atoms with van der Waals surface area (Å²) in [6.07, 6.45) is 7.55. The van der Waals surface area contributed by atoms with E-state index in [1.807, 2.05) is 12.4 Å². The molecule has 100 valence electrons. The fourth-order valence-electron chi connectivity index (χ4n) is 2.67. The number of pyridine rings is 1. The fourth-order valence-corrected chi connectivity index (χ4v) is 2.67. The second kappa shape index (κ2) is 6.07. The fraction of sp³-hybridized carbons (Fsp3) is 0.667. The van der Waals surface area contributed by atoms with Crippen LogP contribution in [0, 0.1) is 11.8 Å². The summed E-state index contributed by atoms with van der Waals surface area (Å²) in [7, 11) is 0. The van der Waals surface area contributed by atoms with Gasteiger partial charge in [-0.2, -0.15) is 0 Å². The van der Waals surface area contributed by atoms with E-state index in [2.05, 4.69) is 42.5 Å². The maximum Gasteiger partial charge on any atom is 0.0549 e. The Morgan fingerprint density at radius 1 is 1.22 bits per heavy atom. The first kappa shape index (κ1) is 13.2. The van der Waals surface area contributed by atoms with Gasteiger partial charge in [0.2, 0.25) is 0 Å². The molecule has 3 heteroatoms. The van der Waals surface area contributed by atoms with Crippen molar-refractivity contribution in [3.8, 4) is 0 Å². The molecule has 2 N–H and O–H groups in total. The summed E-state index contributed by atoms with van der Waals surface area (Å²) < 4.78 is 0. The Morgan fingerprint density at radius 2 is 2.00 bits per heavy atom. The average molecular weight is 247 g/mol. The molecule has 3 nitrogen and oxygen atoms in total. The van der Waals surface area contributed by atoms with Crippen LogP contribution in [-0.2, 0) is 0 Å². The molecule has 0 saturated heterocycles. The van der Waals surface area contributed by atoms with Crippen molar-refractivity contribution in [1.82, 2.24) is 4.98 Å². The van der Waals surface area contributed by atoms with Gasteiger partial charge < -0.3 is 10.6 Å². The van der Waals surface area contributed by atoms with Crippen LogP contribution in [0.2, 0.25) is 0 Å². The van der Waals surface area contributed by atoms with E-state index in [1.54, 1.807) is 0 Å². The Hall–Kier alpha value is -1.25. The summed E-state index contributed by atoms with van der Waals surface area (Å²) in [5, 5.41) is 7.01. The normalized spacial score (nSPS) is 27.2. The SMILES string of the molecule is CCCNc1cncc(NC2CCC(C)C2C)c1. The van der Waals surface area contributed by atoms with E-state index in [4.69, 9.17) is 0 Å². The van der Waals surface area contributed by atoms with Gasteiger partial charge in [0.25, 0.3) is 0 Å². The number of anilines is 2. The Morgan fingerprint density at radius 3 is 2.67 bits per heavy atom. The molecule has 0 aromatic carbocycles. The molecule has 1 aromatic heterocycles. The largest absolute Gasteiger partial charge is 0.384 e. The van der Waals surface area contributed by atoms with Crippen molar-refractivity contribution in [2.24, 2.45) is 11.8 Å². The van der Waals surface area contributed by atoms with Crippen LogP contribution in [0.1, 0.15) is 40.0 Å². The third-order valence-electron chi connectivity index (χ3n) is 4.13. The molecule has 1 aromatic rings. The molecule has 0 spiro atoms. The van der Waals surface area contributed by atoms with Crippen LogP contribution in [-0.4, -0.2) is 17.6 Å². The highest BCUT2D eigenvalue weighted by molar-refractivity contribution is 5.54. The van der Waals surface area contributed by atoms with E-state index in [0.29, 0.717) is 6.04 Å². The number of nitrogens with zero attached hydrogens (tertiary/aromatic N) is 1. The minimum atomic E-state index is 0.600. The van der Waals surface area contributed by atoms with Crippen molar-refractivity contribution in [1.29, 1.82) is 0 Å². The Bertz CT molecular complexity index is 378. The first-order chi connectivity index (χ1) is 8.70. The van der Waals surface area contributed by atoms with Gasteiger partial charge in [-0.3, -0.25) is 4.98 Å². The monoisotopic (exact) mass is 247 g/mol. The smallest absolute Gasteiger partial charge is 0.0549 e. The number of aromatic nitrogens is 1. The lowest BCUT2D eigenvalue weighted by Gasteiger charge is -2.21. The molecule has 3 atom stereocenters. The lowest BCUT2D eigenvalue weighted by Crippen LogP contribution is -2.24. The minimum Gasteiger partial charge on any atom is -0.384 e. The highest BCUT2D eigenvalue weighted by atomic mass is 15.0. The highest BCUT2D eigenvalue weighted by Crippen LogP contribution is 2.33. The summed E-state index contributed by atoms with van der Waals surface area (Å²) >= 11 is 0. The summed E-state index contributed by atoms with van der Waals surface area (Å²) in [5.74, 6) is 1.58. The first-order valence-electron chi connectivity index (χ1n) is 7.16.